The zero-order valence-electron chi connectivity index (χ0n) is 64.8. The van der Waals surface area contributed by atoms with Crippen LogP contribution in [0, 0.1) is 11.8 Å². The second kappa shape index (κ2) is 71.7. The van der Waals surface area contributed by atoms with Gasteiger partial charge in [0.2, 0.25) is 0 Å². The van der Waals surface area contributed by atoms with E-state index in [0.29, 0.717) is 25.7 Å². The topological polar surface area (TPSA) is 237 Å². The van der Waals surface area contributed by atoms with Crippen molar-refractivity contribution in [2.24, 2.45) is 11.8 Å². The van der Waals surface area contributed by atoms with Crippen LogP contribution < -0.4 is 0 Å². The second-order valence-electron chi connectivity index (χ2n) is 29.3. The van der Waals surface area contributed by atoms with Crippen LogP contribution in [0.3, 0.4) is 0 Å². The van der Waals surface area contributed by atoms with Gasteiger partial charge in [0.1, 0.15) is 19.3 Å². The summed E-state index contributed by atoms with van der Waals surface area (Å²) in [5.74, 6) is -0.613. The molecule has 0 aliphatic carbocycles. The number of aliphatic hydroxyl groups is 1. The van der Waals surface area contributed by atoms with Gasteiger partial charge in [0.05, 0.1) is 26.4 Å². The van der Waals surface area contributed by atoms with Crippen molar-refractivity contribution in [3.05, 3.63) is 0 Å². The van der Waals surface area contributed by atoms with Crippen molar-refractivity contribution < 1.29 is 80.2 Å². The first-order chi connectivity index (χ1) is 47.9. The number of esters is 4. The van der Waals surface area contributed by atoms with E-state index in [0.717, 1.165) is 108 Å². The molecule has 99 heavy (non-hydrogen) atoms. The molecule has 0 saturated carbocycles. The van der Waals surface area contributed by atoms with Gasteiger partial charge in [0.15, 0.2) is 12.2 Å². The Morgan fingerprint density at radius 1 is 0.283 bits per heavy atom. The van der Waals surface area contributed by atoms with Gasteiger partial charge in [0, 0.05) is 25.7 Å². The van der Waals surface area contributed by atoms with E-state index in [9.17, 15) is 43.2 Å². The van der Waals surface area contributed by atoms with Crippen molar-refractivity contribution in [2.75, 3.05) is 39.6 Å². The van der Waals surface area contributed by atoms with E-state index in [2.05, 4.69) is 41.5 Å². The summed E-state index contributed by atoms with van der Waals surface area (Å²) in [5, 5.41) is 10.6. The largest absolute Gasteiger partial charge is 0.472 e. The maximum atomic E-state index is 13.1. The molecule has 0 aromatic rings. The molecule has 4 unspecified atom stereocenters. The molecule has 0 amide bonds. The van der Waals surface area contributed by atoms with E-state index in [1.54, 1.807) is 0 Å². The van der Waals surface area contributed by atoms with E-state index in [1.165, 1.54) is 231 Å². The fourth-order valence-corrected chi connectivity index (χ4v) is 13.9. The Hall–Kier alpha value is -1.94. The van der Waals surface area contributed by atoms with Gasteiger partial charge in [0.25, 0.3) is 0 Å². The zero-order valence-corrected chi connectivity index (χ0v) is 66.6. The number of phosphoric acid groups is 2. The molecule has 0 radical (unpaired) electrons. The lowest BCUT2D eigenvalue weighted by Gasteiger charge is -2.21. The minimum Gasteiger partial charge on any atom is -0.462 e. The van der Waals surface area contributed by atoms with Crippen LogP contribution in [0.15, 0.2) is 0 Å². The van der Waals surface area contributed by atoms with Crippen LogP contribution in [0.2, 0.25) is 0 Å². The zero-order chi connectivity index (χ0) is 72.8. The Bertz CT molecular complexity index is 1910. The van der Waals surface area contributed by atoms with Gasteiger partial charge in [-0.1, -0.05) is 369 Å². The van der Waals surface area contributed by atoms with E-state index in [1.807, 2.05) is 0 Å². The Labute approximate surface area is 607 Å². The summed E-state index contributed by atoms with van der Waals surface area (Å²) in [4.78, 5) is 72.9. The highest BCUT2D eigenvalue weighted by molar-refractivity contribution is 7.47. The maximum absolute atomic E-state index is 13.1. The van der Waals surface area contributed by atoms with Crippen molar-refractivity contribution in [1.82, 2.24) is 0 Å². The van der Waals surface area contributed by atoms with Crippen LogP contribution in [-0.2, 0) is 65.4 Å². The highest BCUT2D eigenvalue weighted by atomic mass is 31.2. The molecule has 0 bridgehead atoms. The van der Waals surface area contributed by atoms with Gasteiger partial charge in [-0.05, 0) is 37.5 Å². The fraction of sp³-hybridized carbons (Fsp3) is 0.950. The lowest BCUT2D eigenvalue weighted by Crippen LogP contribution is -2.30. The lowest BCUT2D eigenvalue weighted by atomic mass is 9.99. The first-order valence-electron chi connectivity index (χ1n) is 41.6. The number of ether oxygens (including phenoxy) is 4. The van der Waals surface area contributed by atoms with Crippen LogP contribution in [0.25, 0.3) is 0 Å². The van der Waals surface area contributed by atoms with Gasteiger partial charge < -0.3 is 33.8 Å². The number of unbranched alkanes of at least 4 members (excludes halogenated alkanes) is 47. The van der Waals surface area contributed by atoms with E-state index < -0.39 is 97.5 Å². The molecule has 17 nitrogen and oxygen atoms in total. The Balaban J connectivity index is 5.22. The predicted molar refractivity (Wildman–Crippen MR) is 405 cm³/mol. The van der Waals surface area contributed by atoms with Crippen molar-refractivity contribution >= 4 is 39.5 Å². The number of carbonyl (C=O) groups excluding carboxylic acids is 4. The van der Waals surface area contributed by atoms with Crippen LogP contribution in [0.4, 0.5) is 0 Å². The maximum Gasteiger partial charge on any atom is 0.472 e. The SMILES string of the molecule is CCCCCCCCCCCCCCCCCCCCCCCC(=O)O[C@H](COC(=O)CCCCCCCCCCCCCCCCCC)COP(=O)(O)OC[C@@H](O)COP(=O)(O)OC[C@@H](COC(=O)CCCCCCCCC(C)CC)OC(=O)CCCCCCCCCCC(C)CC. The predicted octanol–water partition coefficient (Wildman–Crippen LogP) is 23.9. The molecule has 0 heterocycles. The van der Waals surface area contributed by atoms with Crippen LogP contribution in [0.1, 0.15) is 420 Å². The van der Waals surface area contributed by atoms with Gasteiger partial charge in [-0.2, -0.15) is 0 Å². The molecule has 0 aliphatic heterocycles. The normalized spacial score (nSPS) is 14.5. The van der Waals surface area contributed by atoms with Crippen molar-refractivity contribution in [3.63, 3.8) is 0 Å². The van der Waals surface area contributed by atoms with Gasteiger partial charge in [-0.3, -0.25) is 37.3 Å². The highest BCUT2D eigenvalue weighted by Crippen LogP contribution is 2.45. The van der Waals surface area contributed by atoms with Crippen LogP contribution in [0.5, 0.6) is 0 Å². The third kappa shape index (κ3) is 71.5. The minimum absolute atomic E-state index is 0.104. The summed E-state index contributed by atoms with van der Waals surface area (Å²) in [6.07, 6.45) is 61.2. The van der Waals surface area contributed by atoms with E-state index >= 15 is 0 Å². The summed E-state index contributed by atoms with van der Waals surface area (Å²) >= 11 is 0. The number of phosphoric ester groups is 2. The average molecular weight is 1450 g/mol. The van der Waals surface area contributed by atoms with E-state index in [4.69, 9.17) is 37.0 Å². The standard InChI is InChI=1S/C80H156O17P2/c1-7-11-13-15-17-19-21-23-25-27-28-29-30-31-33-35-37-39-44-52-58-64-79(84)96-75(68-90-77(82)62-56-50-43-38-36-34-32-26-24-22-20-18-16-14-12-8-2)70-94-98(86,87)92-66-74(81)67-93-99(88,89)95-71-76(69-91-78(83)63-57-51-47-46-49-55-61-73(6)10-4)97-80(85)65-59-53-45-41-40-42-48-54-60-72(5)9-3/h72-76,81H,7-71H2,1-6H3,(H,86,87)(H,88,89)/t72?,73?,74-,75-,76-/m1/s1. The Kier molecular flexibility index (Phi) is 70.3. The Morgan fingerprint density at radius 3 is 0.717 bits per heavy atom. The lowest BCUT2D eigenvalue weighted by molar-refractivity contribution is -0.161. The molecule has 0 spiro atoms. The monoisotopic (exact) mass is 1450 g/mol. The molecular formula is C80H156O17P2. The summed E-state index contributed by atoms with van der Waals surface area (Å²) in [5.41, 5.74) is 0. The smallest absolute Gasteiger partial charge is 0.462 e. The van der Waals surface area contributed by atoms with Crippen molar-refractivity contribution in [2.45, 2.75) is 439 Å². The number of hydrogen-bond donors (Lipinski definition) is 3. The number of hydrogen-bond acceptors (Lipinski definition) is 15. The molecule has 0 aliphatic rings. The molecule has 19 heteroatoms. The molecule has 588 valence electrons. The summed E-state index contributed by atoms with van der Waals surface area (Å²) < 4.78 is 68.7. The molecule has 3 N–H and O–H groups in total. The van der Waals surface area contributed by atoms with E-state index in [-0.39, 0.29) is 25.7 Å². The number of rotatable bonds is 79. The number of aliphatic hydroxyl groups excluding tert-OH is 1. The third-order valence-corrected chi connectivity index (χ3v) is 21.3. The quantitative estimate of drug-likeness (QED) is 0.0222. The van der Waals surface area contributed by atoms with Crippen LogP contribution in [-0.4, -0.2) is 96.7 Å². The second-order valence-corrected chi connectivity index (χ2v) is 32.2. The van der Waals surface area contributed by atoms with Crippen molar-refractivity contribution in [3.8, 4) is 0 Å². The molecule has 0 saturated heterocycles. The van der Waals surface area contributed by atoms with Crippen LogP contribution >= 0.6 is 15.6 Å². The molecular weight excluding hydrogens is 1290 g/mol. The first-order valence-corrected chi connectivity index (χ1v) is 44.6. The molecule has 7 atom stereocenters. The molecule has 0 aromatic carbocycles. The average Bonchev–Trinajstić information content (AvgIpc) is 1.39. The van der Waals surface area contributed by atoms with Crippen molar-refractivity contribution in [1.29, 1.82) is 0 Å². The van der Waals surface area contributed by atoms with Gasteiger partial charge >= 0.3 is 39.5 Å². The summed E-state index contributed by atoms with van der Waals surface area (Å²) in [6, 6.07) is 0. The molecule has 0 rings (SSSR count). The van der Waals surface area contributed by atoms with Gasteiger partial charge in [-0.25, -0.2) is 9.13 Å². The summed E-state index contributed by atoms with van der Waals surface area (Å²) in [6.45, 7) is 9.58. The molecule has 0 aromatic heterocycles. The van der Waals surface area contributed by atoms with Gasteiger partial charge in [-0.15, -0.1) is 0 Å². The molecule has 0 fully saturated rings. The fourth-order valence-electron chi connectivity index (χ4n) is 12.3. The Morgan fingerprint density at radius 2 is 0.485 bits per heavy atom. The first kappa shape index (κ1) is 97.1. The minimum atomic E-state index is -4.96. The highest BCUT2D eigenvalue weighted by Gasteiger charge is 2.30. The number of carbonyl (C=O) groups is 4. The third-order valence-electron chi connectivity index (χ3n) is 19.4. The summed E-state index contributed by atoms with van der Waals surface area (Å²) in [7, 11) is -9.92.